The van der Waals surface area contributed by atoms with E-state index < -0.39 is 0 Å². The first-order valence-corrected chi connectivity index (χ1v) is 7.26. The summed E-state index contributed by atoms with van der Waals surface area (Å²) in [6.45, 7) is 2.73. The van der Waals surface area contributed by atoms with E-state index in [9.17, 15) is 4.79 Å². The smallest absolute Gasteiger partial charge is 0.272 e. The van der Waals surface area contributed by atoms with Crippen LogP contribution in [0.5, 0.6) is 5.75 Å². The van der Waals surface area contributed by atoms with Crippen LogP contribution in [0.25, 0.3) is 10.9 Å². The standard InChI is InChI=1S/C18H18N2O2/c1-3-20(14-8-10-15(22-2)11-9-14)17-12-13-6-4-5-7-16(13)19-18(17)21/h4-12H,3H2,1-2H3,(H,19,21). The van der Waals surface area contributed by atoms with E-state index in [1.807, 2.05) is 66.4 Å². The Kier molecular flexibility index (Phi) is 3.83. The van der Waals surface area contributed by atoms with Crippen molar-refractivity contribution in [2.45, 2.75) is 6.92 Å². The number of H-pyrrole nitrogens is 1. The quantitative estimate of drug-likeness (QED) is 0.798. The minimum absolute atomic E-state index is 0.0867. The molecular weight excluding hydrogens is 276 g/mol. The number of para-hydroxylation sites is 1. The van der Waals surface area contributed by atoms with Gasteiger partial charge in [-0.15, -0.1) is 0 Å². The van der Waals surface area contributed by atoms with Gasteiger partial charge in [-0.1, -0.05) is 18.2 Å². The van der Waals surface area contributed by atoms with Gasteiger partial charge < -0.3 is 14.6 Å². The zero-order valence-corrected chi connectivity index (χ0v) is 12.7. The molecule has 1 heterocycles. The molecule has 0 unspecified atom stereocenters. The second-order valence-corrected chi connectivity index (χ2v) is 5.01. The van der Waals surface area contributed by atoms with Gasteiger partial charge in [0.2, 0.25) is 0 Å². The summed E-state index contributed by atoms with van der Waals surface area (Å²) in [7, 11) is 1.64. The molecule has 0 amide bonds. The Balaban J connectivity index is 2.09. The molecule has 0 atom stereocenters. The Morgan fingerprint density at radius 1 is 1.09 bits per heavy atom. The number of aromatic nitrogens is 1. The van der Waals surface area contributed by atoms with Crippen molar-refractivity contribution in [1.82, 2.24) is 4.98 Å². The van der Waals surface area contributed by atoms with Crippen molar-refractivity contribution in [3.8, 4) is 5.75 Å². The minimum atomic E-state index is -0.0867. The van der Waals surface area contributed by atoms with Gasteiger partial charge in [0, 0.05) is 23.1 Å². The summed E-state index contributed by atoms with van der Waals surface area (Å²) < 4.78 is 5.18. The Labute approximate surface area is 129 Å². The maximum Gasteiger partial charge on any atom is 0.272 e. The molecule has 0 fully saturated rings. The maximum absolute atomic E-state index is 12.4. The Morgan fingerprint density at radius 3 is 2.50 bits per heavy atom. The SMILES string of the molecule is CCN(c1ccc(OC)cc1)c1cc2ccccc2[nH]c1=O. The van der Waals surface area contributed by atoms with E-state index >= 15 is 0 Å². The monoisotopic (exact) mass is 294 g/mol. The van der Waals surface area contributed by atoms with E-state index in [1.54, 1.807) is 7.11 Å². The van der Waals surface area contributed by atoms with Crippen LogP contribution < -0.4 is 15.2 Å². The van der Waals surface area contributed by atoms with Gasteiger partial charge in [-0.25, -0.2) is 0 Å². The fourth-order valence-corrected chi connectivity index (χ4v) is 2.59. The number of pyridine rings is 1. The molecule has 0 saturated heterocycles. The van der Waals surface area contributed by atoms with Crippen LogP contribution >= 0.6 is 0 Å². The predicted octanol–water partition coefficient (Wildman–Crippen LogP) is 3.69. The van der Waals surface area contributed by atoms with E-state index in [1.165, 1.54) is 0 Å². The fourth-order valence-electron chi connectivity index (χ4n) is 2.59. The summed E-state index contributed by atoms with van der Waals surface area (Å²) in [5.41, 5.74) is 2.37. The van der Waals surface area contributed by atoms with Gasteiger partial charge in [-0.2, -0.15) is 0 Å². The molecule has 4 nitrogen and oxygen atoms in total. The third-order valence-corrected chi connectivity index (χ3v) is 3.72. The van der Waals surface area contributed by atoms with Crippen LogP contribution in [0.2, 0.25) is 0 Å². The predicted molar refractivity (Wildman–Crippen MR) is 90.2 cm³/mol. The number of rotatable bonds is 4. The third-order valence-electron chi connectivity index (χ3n) is 3.72. The van der Waals surface area contributed by atoms with Gasteiger partial charge in [-0.3, -0.25) is 4.79 Å². The fraction of sp³-hybridized carbons (Fsp3) is 0.167. The second kappa shape index (κ2) is 5.93. The Morgan fingerprint density at radius 2 is 1.82 bits per heavy atom. The van der Waals surface area contributed by atoms with Crippen molar-refractivity contribution < 1.29 is 4.74 Å². The normalized spacial score (nSPS) is 10.6. The highest BCUT2D eigenvalue weighted by Crippen LogP contribution is 2.26. The van der Waals surface area contributed by atoms with Crippen LogP contribution in [0, 0.1) is 0 Å². The van der Waals surface area contributed by atoms with Crippen LogP contribution in [0.1, 0.15) is 6.92 Å². The van der Waals surface area contributed by atoms with E-state index in [2.05, 4.69) is 4.98 Å². The lowest BCUT2D eigenvalue weighted by molar-refractivity contribution is 0.415. The number of benzene rings is 2. The maximum atomic E-state index is 12.4. The summed E-state index contributed by atoms with van der Waals surface area (Å²) >= 11 is 0. The highest BCUT2D eigenvalue weighted by Gasteiger charge is 2.12. The number of aromatic amines is 1. The molecule has 0 radical (unpaired) electrons. The van der Waals surface area contributed by atoms with Gasteiger partial charge in [-0.05, 0) is 43.3 Å². The number of anilines is 2. The average molecular weight is 294 g/mol. The molecular formula is C18H18N2O2. The average Bonchev–Trinajstić information content (AvgIpc) is 2.56. The van der Waals surface area contributed by atoms with E-state index in [0.717, 1.165) is 22.3 Å². The number of hydrogen-bond donors (Lipinski definition) is 1. The lowest BCUT2D eigenvalue weighted by Crippen LogP contribution is -2.24. The number of methoxy groups -OCH3 is 1. The molecule has 0 spiro atoms. The molecule has 1 N–H and O–H groups in total. The van der Waals surface area contributed by atoms with Crippen LogP contribution in [0.4, 0.5) is 11.4 Å². The molecule has 0 saturated carbocycles. The first-order chi connectivity index (χ1) is 10.7. The van der Waals surface area contributed by atoms with Gasteiger partial charge in [0.15, 0.2) is 0 Å². The van der Waals surface area contributed by atoms with Crippen molar-refractivity contribution in [3.63, 3.8) is 0 Å². The first-order valence-electron chi connectivity index (χ1n) is 7.26. The molecule has 0 aliphatic carbocycles. The molecule has 0 bridgehead atoms. The van der Waals surface area contributed by atoms with Crippen LogP contribution in [-0.2, 0) is 0 Å². The molecule has 3 aromatic rings. The van der Waals surface area contributed by atoms with Crippen molar-refractivity contribution >= 4 is 22.3 Å². The van der Waals surface area contributed by atoms with Crippen LogP contribution in [-0.4, -0.2) is 18.6 Å². The van der Waals surface area contributed by atoms with Crippen LogP contribution in [0.15, 0.2) is 59.4 Å². The van der Waals surface area contributed by atoms with Crippen molar-refractivity contribution in [2.24, 2.45) is 0 Å². The largest absolute Gasteiger partial charge is 0.497 e. The molecule has 3 rings (SSSR count). The topological polar surface area (TPSA) is 45.3 Å². The highest BCUT2D eigenvalue weighted by molar-refractivity contribution is 5.82. The Bertz CT molecular complexity index is 838. The lowest BCUT2D eigenvalue weighted by Gasteiger charge is -2.22. The highest BCUT2D eigenvalue weighted by atomic mass is 16.5. The summed E-state index contributed by atoms with van der Waals surface area (Å²) in [6.07, 6.45) is 0. The van der Waals surface area contributed by atoms with Crippen molar-refractivity contribution in [1.29, 1.82) is 0 Å². The van der Waals surface area contributed by atoms with Gasteiger partial charge >= 0.3 is 0 Å². The summed E-state index contributed by atoms with van der Waals surface area (Å²) in [5.74, 6) is 0.798. The molecule has 0 aliphatic rings. The number of nitrogens with one attached hydrogen (secondary N) is 1. The van der Waals surface area contributed by atoms with Gasteiger partial charge in [0.1, 0.15) is 11.4 Å². The number of fused-ring (bicyclic) bond motifs is 1. The van der Waals surface area contributed by atoms with Gasteiger partial charge in [0.25, 0.3) is 5.56 Å². The Hall–Kier alpha value is -2.75. The molecule has 4 heteroatoms. The molecule has 0 aliphatic heterocycles. The van der Waals surface area contributed by atoms with E-state index in [0.29, 0.717) is 12.2 Å². The van der Waals surface area contributed by atoms with E-state index in [-0.39, 0.29) is 5.56 Å². The summed E-state index contributed by atoms with van der Waals surface area (Å²) in [4.78, 5) is 17.3. The van der Waals surface area contributed by atoms with Gasteiger partial charge in [0.05, 0.1) is 7.11 Å². The van der Waals surface area contributed by atoms with E-state index in [4.69, 9.17) is 4.74 Å². The minimum Gasteiger partial charge on any atom is -0.497 e. The zero-order valence-electron chi connectivity index (χ0n) is 12.7. The third kappa shape index (κ3) is 2.55. The summed E-state index contributed by atoms with van der Waals surface area (Å²) in [6, 6.07) is 17.4. The molecule has 112 valence electrons. The molecule has 2 aromatic carbocycles. The van der Waals surface area contributed by atoms with Crippen molar-refractivity contribution in [2.75, 3.05) is 18.6 Å². The first kappa shape index (κ1) is 14.2. The number of ether oxygens (including phenoxy) is 1. The lowest BCUT2D eigenvalue weighted by atomic mass is 10.2. The van der Waals surface area contributed by atoms with Crippen molar-refractivity contribution in [3.05, 3.63) is 65.0 Å². The second-order valence-electron chi connectivity index (χ2n) is 5.01. The number of hydrogen-bond acceptors (Lipinski definition) is 3. The summed E-state index contributed by atoms with van der Waals surface area (Å²) in [5, 5.41) is 1.02. The molecule has 1 aromatic heterocycles. The molecule has 22 heavy (non-hydrogen) atoms. The zero-order chi connectivity index (χ0) is 15.5. The number of nitrogens with zero attached hydrogens (tertiary/aromatic N) is 1. The van der Waals surface area contributed by atoms with Crippen LogP contribution in [0.3, 0.4) is 0 Å².